The van der Waals surface area contributed by atoms with Crippen LogP contribution < -0.4 is 9.47 Å². The number of epoxide rings is 2. The lowest BCUT2D eigenvalue weighted by molar-refractivity contribution is 0.294. The van der Waals surface area contributed by atoms with Crippen LogP contribution in [0.1, 0.15) is 50.7 Å². The molecule has 2 unspecified atom stereocenters. The molecule has 0 aromatic heterocycles. The summed E-state index contributed by atoms with van der Waals surface area (Å²) in [6.45, 7) is 6.93. The number of ether oxygens (including phenoxy) is 4. The first-order valence-corrected chi connectivity index (χ1v) is 12.7. The second kappa shape index (κ2) is 10.8. The maximum absolute atomic E-state index is 6.55. The Labute approximate surface area is 215 Å². The molecule has 2 atom stereocenters. The maximum Gasteiger partial charge on any atom is 0.156 e. The second-order valence-electron chi connectivity index (χ2n) is 9.06. The second-order valence-corrected chi connectivity index (χ2v) is 10.7. The van der Waals surface area contributed by atoms with Crippen molar-refractivity contribution in [2.75, 3.05) is 26.4 Å². The van der Waals surface area contributed by atoms with E-state index in [0.717, 1.165) is 50.0 Å². The van der Waals surface area contributed by atoms with Crippen molar-refractivity contribution in [1.82, 2.24) is 0 Å². The van der Waals surface area contributed by atoms with Crippen molar-refractivity contribution in [2.45, 2.75) is 57.2 Å². The number of benzene rings is 2. The predicted octanol–water partition coefficient (Wildman–Crippen LogP) is 7.74. The van der Waals surface area contributed by atoms with E-state index in [-0.39, 0.29) is 0 Å². The van der Waals surface area contributed by atoms with Crippen LogP contribution >= 0.6 is 46.4 Å². The summed E-state index contributed by atoms with van der Waals surface area (Å²) < 4.78 is 22.2. The van der Waals surface area contributed by atoms with E-state index in [1.54, 1.807) is 0 Å². The Morgan fingerprint density at radius 2 is 1.06 bits per heavy atom. The van der Waals surface area contributed by atoms with Crippen molar-refractivity contribution in [3.05, 3.63) is 55.5 Å². The first-order valence-electron chi connectivity index (χ1n) is 11.2. The van der Waals surface area contributed by atoms with Crippen molar-refractivity contribution >= 4 is 46.4 Å². The molecule has 8 heteroatoms. The summed E-state index contributed by atoms with van der Waals surface area (Å²) in [5.41, 5.74) is 1.41. The first kappa shape index (κ1) is 25.2. The van der Waals surface area contributed by atoms with Gasteiger partial charge in [-0.2, -0.15) is 0 Å². The van der Waals surface area contributed by atoms with Crippen molar-refractivity contribution in [2.24, 2.45) is 0 Å². The van der Waals surface area contributed by atoms with Gasteiger partial charge in [-0.15, -0.1) is 0 Å². The van der Waals surface area contributed by atoms with Gasteiger partial charge in [0.15, 0.2) is 11.5 Å². The van der Waals surface area contributed by atoms with Gasteiger partial charge in [0.1, 0.15) is 0 Å². The Kier molecular flexibility index (Phi) is 8.26. The fourth-order valence-corrected chi connectivity index (χ4v) is 4.92. The van der Waals surface area contributed by atoms with Gasteiger partial charge in [0, 0.05) is 5.41 Å². The Morgan fingerprint density at radius 3 is 1.36 bits per heavy atom. The molecule has 33 heavy (non-hydrogen) atoms. The zero-order valence-corrected chi connectivity index (χ0v) is 21.8. The van der Waals surface area contributed by atoms with Crippen molar-refractivity contribution in [3.8, 4) is 11.5 Å². The summed E-state index contributed by atoms with van der Waals surface area (Å²) in [7, 11) is 0. The lowest BCUT2D eigenvalue weighted by atomic mass is 9.78. The van der Waals surface area contributed by atoms with Crippen LogP contribution in [0.5, 0.6) is 11.5 Å². The monoisotopic (exact) mass is 532 g/mol. The minimum absolute atomic E-state index is 0.385. The number of hydrogen-bond donors (Lipinski definition) is 0. The first-order chi connectivity index (χ1) is 15.8. The fraction of sp³-hybridized carbons (Fsp3) is 0.520. The van der Waals surface area contributed by atoms with Crippen molar-refractivity contribution in [1.29, 1.82) is 0 Å². The average Bonchev–Trinajstić information content (AvgIpc) is 3.66. The highest BCUT2D eigenvalue weighted by Crippen LogP contribution is 2.44. The largest absolute Gasteiger partial charge is 0.490 e. The van der Waals surface area contributed by atoms with Gasteiger partial charge < -0.3 is 18.9 Å². The predicted molar refractivity (Wildman–Crippen MR) is 134 cm³/mol. The molecule has 2 aliphatic heterocycles. The van der Waals surface area contributed by atoms with Gasteiger partial charge in [0.05, 0.1) is 58.7 Å². The molecule has 2 aromatic rings. The lowest BCUT2D eigenvalue weighted by Crippen LogP contribution is -2.19. The molecule has 0 bridgehead atoms. The Balaban J connectivity index is 1.45. The van der Waals surface area contributed by atoms with Crippen LogP contribution in [-0.4, -0.2) is 38.6 Å². The van der Waals surface area contributed by atoms with Crippen molar-refractivity contribution in [3.63, 3.8) is 0 Å². The molecule has 180 valence electrons. The molecule has 0 radical (unpaired) electrons. The highest BCUT2D eigenvalue weighted by atomic mass is 35.5. The smallest absolute Gasteiger partial charge is 0.156 e. The summed E-state index contributed by atoms with van der Waals surface area (Å²) in [6.07, 6.45) is 4.52. The topological polar surface area (TPSA) is 43.5 Å². The van der Waals surface area contributed by atoms with Gasteiger partial charge in [0.25, 0.3) is 0 Å². The number of hydrogen-bond acceptors (Lipinski definition) is 4. The summed E-state index contributed by atoms with van der Waals surface area (Å²) >= 11 is 26.2. The van der Waals surface area contributed by atoms with Crippen molar-refractivity contribution < 1.29 is 18.9 Å². The van der Waals surface area contributed by atoms with E-state index in [2.05, 4.69) is 13.8 Å². The van der Waals surface area contributed by atoms with Gasteiger partial charge in [-0.05, 0) is 61.1 Å². The van der Waals surface area contributed by atoms with E-state index < -0.39 is 5.41 Å². The third-order valence-electron chi connectivity index (χ3n) is 6.08. The highest BCUT2D eigenvalue weighted by molar-refractivity contribution is 6.38. The fourth-order valence-electron chi connectivity index (χ4n) is 3.72. The number of rotatable bonds is 12. The van der Waals surface area contributed by atoms with Gasteiger partial charge in [-0.25, -0.2) is 0 Å². The molecule has 0 spiro atoms. The summed E-state index contributed by atoms with van der Waals surface area (Å²) in [5, 5.41) is 1.91. The van der Waals surface area contributed by atoms with Crippen LogP contribution in [0.2, 0.25) is 20.1 Å². The van der Waals surface area contributed by atoms with E-state index in [9.17, 15) is 0 Å². The van der Waals surface area contributed by atoms with Gasteiger partial charge >= 0.3 is 0 Å². The molecule has 2 saturated heterocycles. The van der Waals surface area contributed by atoms with E-state index in [1.165, 1.54) is 0 Å². The molecule has 2 aliphatic rings. The van der Waals surface area contributed by atoms with Crippen LogP contribution in [-0.2, 0) is 14.9 Å². The lowest BCUT2D eigenvalue weighted by Gasteiger charge is -2.28. The van der Waals surface area contributed by atoms with E-state index in [1.807, 2.05) is 24.3 Å². The normalized spacial score (nSPS) is 19.5. The van der Waals surface area contributed by atoms with Gasteiger partial charge in [0.2, 0.25) is 0 Å². The van der Waals surface area contributed by atoms with Crippen LogP contribution in [0.4, 0.5) is 0 Å². The quantitative estimate of drug-likeness (QED) is 0.206. The summed E-state index contributed by atoms with van der Waals surface area (Å²) in [6, 6.07) is 7.55. The summed E-state index contributed by atoms with van der Waals surface area (Å²) in [5.74, 6) is 1.01. The highest BCUT2D eigenvalue weighted by Gasteiger charge is 2.28. The van der Waals surface area contributed by atoms with E-state index >= 15 is 0 Å². The molecule has 4 nitrogen and oxygen atoms in total. The molecule has 2 heterocycles. The zero-order chi connectivity index (χ0) is 23.6. The molecular weight excluding hydrogens is 506 g/mol. The third-order valence-corrected chi connectivity index (χ3v) is 7.20. The number of halogens is 4. The van der Waals surface area contributed by atoms with Crippen LogP contribution in [0, 0.1) is 0 Å². The van der Waals surface area contributed by atoms with Crippen LogP contribution in [0.15, 0.2) is 24.3 Å². The molecule has 0 amide bonds. The van der Waals surface area contributed by atoms with E-state index in [4.69, 9.17) is 65.4 Å². The SMILES string of the molecule is CC(C)(c1cc(Cl)c(OCCCC2CO2)c(Cl)c1)c1cc(Cl)c(OCCCC2CO2)c(Cl)c1. The third kappa shape index (κ3) is 6.62. The molecule has 0 saturated carbocycles. The molecule has 0 N–H and O–H groups in total. The molecule has 4 rings (SSSR count). The molecule has 2 fully saturated rings. The molecule has 2 aromatic carbocycles. The van der Waals surface area contributed by atoms with Crippen LogP contribution in [0.25, 0.3) is 0 Å². The zero-order valence-electron chi connectivity index (χ0n) is 18.8. The minimum atomic E-state index is -0.454. The minimum Gasteiger partial charge on any atom is -0.490 e. The van der Waals surface area contributed by atoms with Gasteiger partial charge in [-0.3, -0.25) is 0 Å². The Bertz CT molecular complexity index is 863. The maximum atomic E-state index is 6.55. The van der Waals surface area contributed by atoms with Gasteiger partial charge in [-0.1, -0.05) is 60.3 Å². The molecular formula is C25H28Cl4O4. The Morgan fingerprint density at radius 1 is 0.727 bits per heavy atom. The molecule has 0 aliphatic carbocycles. The van der Waals surface area contributed by atoms with Crippen LogP contribution in [0.3, 0.4) is 0 Å². The Hall–Kier alpha value is -0.880. The standard InChI is InChI=1S/C25H28Cl4O4/c1-25(2,15-9-19(26)23(20(27)10-15)30-7-3-5-17-13-32-17)16-11-21(28)24(22(29)12-16)31-8-4-6-18-14-33-18/h9-12,17-18H,3-8,13-14H2,1-2H3. The average molecular weight is 534 g/mol. The van der Waals surface area contributed by atoms with E-state index in [0.29, 0.717) is 57.0 Å². The summed E-state index contributed by atoms with van der Waals surface area (Å²) in [4.78, 5) is 0.